The molecule has 0 aliphatic heterocycles. The van der Waals surface area contributed by atoms with E-state index >= 15 is 0 Å². The molecule has 0 aromatic carbocycles. The fraction of sp³-hybridized carbons (Fsp3) is 0.583. The highest BCUT2D eigenvalue weighted by molar-refractivity contribution is 6.04. The van der Waals surface area contributed by atoms with Gasteiger partial charge in [0.2, 0.25) is 0 Å². The fourth-order valence-electron chi connectivity index (χ4n) is 1.88. The first kappa shape index (κ1) is 10.2. The number of ketones is 1. The summed E-state index contributed by atoms with van der Waals surface area (Å²) in [6, 6.07) is 0. The summed E-state index contributed by atoms with van der Waals surface area (Å²) in [6.45, 7) is 6.19. The number of hydrogen-bond donors (Lipinski definition) is 0. The Kier molecular flexibility index (Phi) is 3.07. The first-order chi connectivity index (χ1) is 6.08. The van der Waals surface area contributed by atoms with Crippen molar-refractivity contribution in [2.75, 3.05) is 0 Å². The molecule has 1 nitrogen and oxygen atoms in total. The maximum Gasteiger partial charge on any atom is 0.181 e. The van der Waals surface area contributed by atoms with E-state index < -0.39 is 0 Å². The van der Waals surface area contributed by atoms with Gasteiger partial charge in [-0.15, -0.1) is 0 Å². The lowest BCUT2D eigenvalue weighted by Gasteiger charge is -2.30. The molecule has 0 amide bonds. The maximum atomic E-state index is 11.7. The molecule has 0 unspecified atom stereocenters. The summed E-state index contributed by atoms with van der Waals surface area (Å²) in [7, 11) is 0. The largest absolute Gasteiger partial charge is 0.290 e. The highest BCUT2D eigenvalue weighted by Crippen LogP contribution is 2.37. The Morgan fingerprint density at radius 1 is 1.54 bits per heavy atom. The summed E-state index contributed by atoms with van der Waals surface area (Å²) in [5.41, 5.74) is 1.08. The van der Waals surface area contributed by atoms with Crippen molar-refractivity contribution in [3.63, 3.8) is 0 Å². The minimum atomic E-state index is 0.0782. The molecule has 1 rings (SSSR count). The standard InChI is InChI=1S/C12H18O/c1-4-7-11(13)10-8-5-6-9-12(10,2)3/h4,7-8H,5-6,9H2,1-3H3/b7-4+. The van der Waals surface area contributed by atoms with Crippen LogP contribution in [-0.4, -0.2) is 5.78 Å². The summed E-state index contributed by atoms with van der Waals surface area (Å²) in [5, 5.41) is 0. The van der Waals surface area contributed by atoms with E-state index in [0.717, 1.165) is 18.4 Å². The van der Waals surface area contributed by atoms with Gasteiger partial charge in [0.15, 0.2) is 5.78 Å². The fourth-order valence-corrected chi connectivity index (χ4v) is 1.88. The zero-order chi connectivity index (χ0) is 9.90. The molecule has 0 N–H and O–H groups in total. The number of carbonyl (C=O) groups excluding carboxylic acids is 1. The molecule has 0 atom stereocenters. The van der Waals surface area contributed by atoms with E-state index in [1.54, 1.807) is 6.08 Å². The van der Waals surface area contributed by atoms with Crippen LogP contribution in [0.25, 0.3) is 0 Å². The SMILES string of the molecule is C/C=C/C(=O)C1=CCCCC1(C)C. The molecule has 0 bridgehead atoms. The van der Waals surface area contributed by atoms with Crippen molar-refractivity contribution in [3.8, 4) is 0 Å². The zero-order valence-electron chi connectivity index (χ0n) is 8.76. The molecule has 72 valence electrons. The number of carbonyl (C=O) groups is 1. The summed E-state index contributed by atoms with van der Waals surface area (Å²) in [4.78, 5) is 11.7. The van der Waals surface area contributed by atoms with Crippen LogP contribution in [0.5, 0.6) is 0 Å². The second-order valence-corrected chi connectivity index (χ2v) is 4.26. The van der Waals surface area contributed by atoms with Crippen LogP contribution in [0.3, 0.4) is 0 Å². The zero-order valence-corrected chi connectivity index (χ0v) is 8.76. The first-order valence-corrected chi connectivity index (χ1v) is 4.95. The van der Waals surface area contributed by atoms with Gasteiger partial charge in [-0.2, -0.15) is 0 Å². The Labute approximate surface area is 80.5 Å². The van der Waals surface area contributed by atoms with Gasteiger partial charge in [0.05, 0.1) is 0 Å². The van der Waals surface area contributed by atoms with Gasteiger partial charge in [-0.1, -0.05) is 26.0 Å². The third kappa shape index (κ3) is 2.30. The van der Waals surface area contributed by atoms with Gasteiger partial charge in [-0.25, -0.2) is 0 Å². The normalized spacial score (nSPS) is 21.6. The number of allylic oxidation sites excluding steroid dienone is 4. The first-order valence-electron chi connectivity index (χ1n) is 4.95. The highest BCUT2D eigenvalue weighted by atomic mass is 16.1. The molecule has 0 radical (unpaired) electrons. The lowest BCUT2D eigenvalue weighted by atomic mass is 9.74. The molecular formula is C12H18O. The van der Waals surface area contributed by atoms with Crippen molar-refractivity contribution in [3.05, 3.63) is 23.8 Å². The number of hydrogen-bond acceptors (Lipinski definition) is 1. The van der Waals surface area contributed by atoms with E-state index in [4.69, 9.17) is 0 Å². The minimum absolute atomic E-state index is 0.0782. The Balaban J connectivity index is 2.88. The van der Waals surface area contributed by atoms with Crippen molar-refractivity contribution in [1.29, 1.82) is 0 Å². The molecule has 0 fully saturated rings. The Morgan fingerprint density at radius 3 is 2.77 bits per heavy atom. The van der Waals surface area contributed by atoms with Crippen LogP contribution in [0, 0.1) is 5.41 Å². The Hall–Kier alpha value is -0.850. The van der Waals surface area contributed by atoms with Crippen LogP contribution in [0.4, 0.5) is 0 Å². The van der Waals surface area contributed by atoms with Gasteiger partial charge in [0.25, 0.3) is 0 Å². The van der Waals surface area contributed by atoms with E-state index in [9.17, 15) is 4.79 Å². The Bertz CT molecular complexity index is 256. The van der Waals surface area contributed by atoms with Gasteiger partial charge >= 0.3 is 0 Å². The van der Waals surface area contributed by atoms with E-state index in [1.807, 2.05) is 13.0 Å². The van der Waals surface area contributed by atoms with E-state index in [0.29, 0.717) is 0 Å². The Morgan fingerprint density at radius 2 is 2.23 bits per heavy atom. The maximum absolute atomic E-state index is 11.7. The predicted molar refractivity (Wildman–Crippen MR) is 55.5 cm³/mol. The third-order valence-corrected chi connectivity index (χ3v) is 2.67. The summed E-state index contributed by atoms with van der Waals surface area (Å²) in [5.74, 6) is 0.187. The highest BCUT2D eigenvalue weighted by Gasteiger charge is 2.28. The van der Waals surface area contributed by atoms with E-state index in [2.05, 4.69) is 19.9 Å². The topological polar surface area (TPSA) is 17.1 Å². The van der Waals surface area contributed by atoms with Crippen LogP contribution in [0.1, 0.15) is 40.0 Å². The van der Waals surface area contributed by atoms with Crippen LogP contribution in [0.2, 0.25) is 0 Å². The summed E-state index contributed by atoms with van der Waals surface area (Å²) in [6.07, 6.45) is 8.97. The molecule has 0 heterocycles. The number of rotatable bonds is 2. The molecule has 0 saturated heterocycles. The lowest BCUT2D eigenvalue weighted by molar-refractivity contribution is -0.112. The predicted octanol–water partition coefficient (Wildman–Crippen LogP) is 3.27. The van der Waals surface area contributed by atoms with Crippen molar-refractivity contribution in [2.45, 2.75) is 40.0 Å². The molecule has 0 aromatic rings. The molecular weight excluding hydrogens is 160 g/mol. The molecule has 1 heteroatoms. The van der Waals surface area contributed by atoms with Crippen molar-refractivity contribution >= 4 is 5.78 Å². The van der Waals surface area contributed by atoms with Gasteiger partial charge in [0, 0.05) is 5.57 Å². The molecule has 0 saturated carbocycles. The van der Waals surface area contributed by atoms with Crippen LogP contribution in [-0.2, 0) is 4.79 Å². The second-order valence-electron chi connectivity index (χ2n) is 4.26. The molecule has 0 aromatic heterocycles. The summed E-state index contributed by atoms with van der Waals surface area (Å²) >= 11 is 0. The molecule has 1 aliphatic rings. The van der Waals surface area contributed by atoms with Gasteiger partial charge < -0.3 is 0 Å². The van der Waals surface area contributed by atoms with Crippen molar-refractivity contribution < 1.29 is 4.79 Å². The second kappa shape index (κ2) is 3.91. The summed E-state index contributed by atoms with van der Waals surface area (Å²) < 4.78 is 0. The molecule has 1 aliphatic carbocycles. The average Bonchev–Trinajstić information content (AvgIpc) is 2.03. The average molecular weight is 178 g/mol. The quantitative estimate of drug-likeness (QED) is 0.593. The smallest absolute Gasteiger partial charge is 0.181 e. The van der Waals surface area contributed by atoms with Crippen molar-refractivity contribution in [2.24, 2.45) is 5.41 Å². The van der Waals surface area contributed by atoms with Crippen LogP contribution < -0.4 is 0 Å². The van der Waals surface area contributed by atoms with E-state index in [-0.39, 0.29) is 11.2 Å². The molecule has 0 spiro atoms. The van der Waals surface area contributed by atoms with Gasteiger partial charge in [0.1, 0.15) is 0 Å². The van der Waals surface area contributed by atoms with E-state index in [1.165, 1.54) is 6.42 Å². The monoisotopic (exact) mass is 178 g/mol. The van der Waals surface area contributed by atoms with Gasteiger partial charge in [-0.05, 0) is 37.7 Å². The van der Waals surface area contributed by atoms with Crippen LogP contribution >= 0.6 is 0 Å². The van der Waals surface area contributed by atoms with Gasteiger partial charge in [-0.3, -0.25) is 4.79 Å². The molecule has 13 heavy (non-hydrogen) atoms. The van der Waals surface area contributed by atoms with Crippen LogP contribution in [0.15, 0.2) is 23.8 Å². The third-order valence-electron chi connectivity index (χ3n) is 2.67. The van der Waals surface area contributed by atoms with Crippen molar-refractivity contribution in [1.82, 2.24) is 0 Å². The minimum Gasteiger partial charge on any atom is -0.290 e. The lowest BCUT2D eigenvalue weighted by Crippen LogP contribution is -2.23.